The van der Waals surface area contributed by atoms with Gasteiger partial charge in [0.05, 0.1) is 13.7 Å². The van der Waals surface area contributed by atoms with Crippen LogP contribution in [-0.2, 0) is 9.47 Å². The Morgan fingerprint density at radius 2 is 1.95 bits per heavy atom. The quantitative estimate of drug-likeness (QED) is 0.730. The third kappa shape index (κ3) is 5.28. The molecule has 19 heavy (non-hydrogen) atoms. The van der Waals surface area contributed by atoms with Crippen molar-refractivity contribution >= 4 is 5.91 Å². The van der Waals surface area contributed by atoms with E-state index in [0.717, 1.165) is 0 Å². The maximum atomic E-state index is 11.9. The Kier molecular flexibility index (Phi) is 6.92. The summed E-state index contributed by atoms with van der Waals surface area (Å²) in [5.41, 5.74) is 0.547. The van der Waals surface area contributed by atoms with E-state index in [1.807, 2.05) is 13.8 Å². The zero-order valence-electron chi connectivity index (χ0n) is 11.6. The molecule has 106 valence electrons. The SMILES string of the molecule is CCOC(CNC(=O)c1cccc(OC)c1)OCC. The van der Waals surface area contributed by atoms with Crippen LogP contribution < -0.4 is 10.1 Å². The van der Waals surface area contributed by atoms with E-state index in [1.165, 1.54) is 0 Å². The summed E-state index contributed by atoms with van der Waals surface area (Å²) >= 11 is 0. The Balaban J connectivity index is 2.53. The van der Waals surface area contributed by atoms with Crippen LogP contribution in [0.1, 0.15) is 24.2 Å². The second-order valence-electron chi connectivity index (χ2n) is 3.78. The molecule has 1 aromatic rings. The number of hydrogen-bond donors (Lipinski definition) is 1. The molecule has 1 N–H and O–H groups in total. The lowest BCUT2D eigenvalue weighted by Crippen LogP contribution is -2.35. The lowest BCUT2D eigenvalue weighted by molar-refractivity contribution is -0.131. The maximum absolute atomic E-state index is 11.9. The summed E-state index contributed by atoms with van der Waals surface area (Å²) in [7, 11) is 1.57. The number of nitrogens with one attached hydrogen (secondary N) is 1. The summed E-state index contributed by atoms with van der Waals surface area (Å²) in [6.45, 7) is 5.17. The molecule has 0 aliphatic carbocycles. The molecule has 0 heterocycles. The number of methoxy groups -OCH3 is 1. The Bertz CT molecular complexity index is 389. The zero-order chi connectivity index (χ0) is 14.1. The average Bonchev–Trinajstić information content (AvgIpc) is 2.45. The molecule has 0 saturated heterocycles. The monoisotopic (exact) mass is 267 g/mol. The van der Waals surface area contributed by atoms with Crippen molar-refractivity contribution in [3.05, 3.63) is 29.8 Å². The van der Waals surface area contributed by atoms with Crippen molar-refractivity contribution in [3.8, 4) is 5.75 Å². The standard InChI is InChI=1S/C14H21NO4/c1-4-18-13(19-5-2)10-15-14(16)11-7-6-8-12(9-11)17-3/h6-9,13H,4-5,10H2,1-3H3,(H,15,16). The molecule has 0 spiro atoms. The number of benzene rings is 1. The smallest absolute Gasteiger partial charge is 0.251 e. The Morgan fingerprint density at radius 1 is 1.26 bits per heavy atom. The second kappa shape index (κ2) is 8.50. The number of rotatable bonds is 8. The van der Waals surface area contributed by atoms with Crippen LogP contribution in [0.4, 0.5) is 0 Å². The third-order valence-corrected chi connectivity index (χ3v) is 2.47. The van der Waals surface area contributed by atoms with Crippen molar-refractivity contribution in [1.29, 1.82) is 0 Å². The van der Waals surface area contributed by atoms with E-state index in [-0.39, 0.29) is 5.91 Å². The van der Waals surface area contributed by atoms with Gasteiger partial charge < -0.3 is 19.5 Å². The number of carbonyl (C=O) groups is 1. The van der Waals surface area contributed by atoms with Crippen LogP contribution >= 0.6 is 0 Å². The summed E-state index contributed by atoms with van der Waals surface area (Å²) in [5, 5.41) is 2.78. The van der Waals surface area contributed by atoms with Crippen LogP contribution in [0.5, 0.6) is 5.75 Å². The first-order chi connectivity index (χ1) is 9.21. The normalized spacial score (nSPS) is 10.5. The van der Waals surface area contributed by atoms with E-state index < -0.39 is 6.29 Å². The zero-order valence-corrected chi connectivity index (χ0v) is 11.6. The fraction of sp³-hybridized carbons (Fsp3) is 0.500. The van der Waals surface area contributed by atoms with Crippen LogP contribution in [0, 0.1) is 0 Å². The summed E-state index contributed by atoms with van der Waals surface area (Å²) in [6.07, 6.45) is -0.412. The van der Waals surface area contributed by atoms with Crippen LogP contribution in [0.3, 0.4) is 0 Å². The average molecular weight is 267 g/mol. The van der Waals surface area contributed by atoms with E-state index in [1.54, 1.807) is 31.4 Å². The van der Waals surface area contributed by atoms with E-state index >= 15 is 0 Å². The van der Waals surface area contributed by atoms with Crippen LogP contribution in [0.2, 0.25) is 0 Å². The minimum Gasteiger partial charge on any atom is -0.497 e. The minimum absolute atomic E-state index is 0.177. The summed E-state index contributed by atoms with van der Waals surface area (Å²) in [4.78, 5) is 11.9. The van der Waals surface area contributed by atoms with Crippen molar-refractivity contribution in [2.24, 2.45) is 0 Å². The Hall–Kier alpha value is -1.59. The van der Waals surface area contributed by atoms with Gasteiger partial charge in [0.25, 0.3) is 5.91 Å². The molecular formula is C14H21NO4. The van der Waals surface area contributed by atoms with Crippen molar-refractivity contribution in [2.75, 3.05) is 26.9 Å². The van der Waals surface area contributed by atoms with Gasteiger partial charge in [0.2, 0.25) is 0 Å². The van der Waals surface area contributed by atoms with Gasteiger partial charge in [-0.15, -0.1) is 0 Å². The van der Waals surface area contributed by atoms with Crippen LogP contribution in [0.15, 0.2) is 24.3 Å². The molecule has 0 unspecified atom stereocenters. The van der Waals surface area contributed by atoms with Crippen molar-refractivity contribution in [3.63, 3.8) is 0 Å². The van der Waals surface area contributed by atoms with Crippen LogP contribution in [0.25, 0.3) is 0 Å². The number of hydrogen-bond acceptors (Lipinski definition) is 4. The van der Waals surface area contributed by atoms with Crippen molar-refractivity contribution in [1.82, 2.24) is 5.32 Å². The highest BCUT2D eigenvalue weighted by atomic mass is 16.7. The molecule has 0 radical (unpaired) electrons. The largest absolute Gasteiger partial charge is 0.497 e. The van der Waals surface area contributed by atoms with Gasteiger partial charge in [0.1, 0.15) is 5.75 Å². The summed E-state index contributed by atoms with van der Waals surface area (Å²) < 4.78 is 15.8. The second-order valence-corrected chi connectivity index (χ2v) is 3.78. The van der Waals surface area contributed by atoms with Crippen molar-refractivity contribution in [2.45, 2.75) is 20.1 Å². The summed E-state index contributed by atoms with van der Waals surface area (Å²) in [5.74, 6) is 0.474. The predicted octanol–water partition coefficient (Wildman–Crippen LogP) is 1.82. The third-order valence-electron chi connectivity index (χ3n) is 2.47. The summed E-state index contributed by atoms with van der Waals surface area (Å²) in [6, 6.07) is 6.98. The molecule has 1 amide bonds. The first-order valence-electron chi connectivity index (χ1n) is 6.36. The van der Waals surface area contributed by atoms with Gasteiger partial charge in [0, 0.05) is 18.8 Å². The minimum atomic E-state index is -0.412. The first kappa shape index (κ1) is 15.5. The van der Waals surface area contributed by atoms with E-state index in [2.05, 4.69) is 5.32 Å². The van der Waals surface area contributed by atoms with Crippen molar-refractivity contribution < 1.29 is 19.0 Å². The van der Waals surface area contributed by atoms with Crippen LogP contribution in [-0.4, -0.2) is 39.1 Å². The number of carbonyl (C=O) groups excluding carboxylic acids is 1. The van der Waals surface area contributed by atoms with E-state index in [4.69, 9.17) is 14.2 Å². The van der Waals surface area contributed by atoms with Gasteiger partial charge in [0.15, 0.2) is 6.29 Å². The predicted molar refractivity (Wildman–Crippen MR) is 72.4 cm³/mol. The first-order valence-corrected chi connectivity index (χ1v) is 6.36. The van der Waals surface area contributed by atoms with Gasteiger partial charge in [-0.2, -0.15) is 0 Å². The lowest BCUT2D eigenvalue weighted by Gasteiger charge is -2.17. The molecule has 1 aromatic carbocycles. The van der Waals surface area contributed by atoms with Gasteiger partial charge >= 0.3 is 0 Å². The molecule has 5 heteroatoms. The van der Waals surface area contributed by atoms with E-state index in [0.29, 0.717) is 31.1 Å². The van der Waals surface area contributed by atoms with Gasteiger partial charge in [-0.05, 0) is 32.0 Å². The lowest BCUT2D eigenvalue weighted by atomic mass is 10.2. The fourth-order valence-corrected chi connectivity index (χ4v) is 1.58. The maximum Gasteiger partial charge on any atom is 0.251 e. The highest BCUT2D eigenvalue weighted by Crippen LogP contribution is 2.12. The number of ether oxygens (including phenoxy) is 3. The molecule has 0 atom stereocenters. The Labute approximate surface area is 113 Å². The molecule has 0 aromatic heterocycles. The highest BCUT2D eigenvalue weighted by molar-refractivity contribution is 5.94. The molecular weight excluding hydrogens is 246 g/mol. The molecule has 0 bridgehead atoms. The van der Waals surface area contributed by atoms with E-state index in [9.17, 15) is 4.79 Å². The fourth-order valence-electron chi connectivity index (χ4n) is 1.58. The molecule has 0 aliphatic rings. The highest BCUT2D eigenvalue weighted by Gasteiger charge is 2.11. The van der Waals surface area contributed by atoms with Gasteiger partial charge in [-0.25, -0.2) is 0 Å². The van der Waals surface area contributed by atoms with Gasteiger partial charge in [-0.3, -0.25) is 4.79 Å². The molecule has 0 fully saturated rings. The molecule has 1 rings (SSSR count). The molecule has 0 saturated carbocycles. The number of amides is 1. The molecule has 5 nitrogen and oxygen atoms in total. The topological polar surface area (TPSA) is 56.8 Å². The molecule has 0 aliphatic heterocycles. The Morgan fingerprint density at radius 3 is 2.53 bits per heavy atom. The van der Waals surface area contributed by atoms with Gasteiger partial charge in [-0.1, -0.05) is 6.07 Å².